The Balaban J connectivity index is 1.84. The number of nitrogens with one attached hydrogen (secondary N) is 1. The Hall–Kier alpha value is -1.35. The van der Waals surface area contributed by atoms with E-state index in [4.69, 9.17) is 5.11 Å². The lowest BCUT2D eigenvalue weighted by atomic mass is 9.85. The van der Waals surface area contributed by atoms with Crippen LogP contribution < -0.4 is 5.32 Å². The number of carbonyl (C=O) groups is 1. The van der Waals surface area contributed by atoms with E-state index in [-0.39, 0.29) is 5.92 Å². The molecule has 21 heavy (non-hydrogen) atoms. The summed E-state index contributed by atoms with van der Waals surface area (Å²) in [5.74, 6) is -0.746. The fraction of sp³-hybridized carbons (Fsp3) is 0.611. The topological polar surface area (TPSA) is 49.3 Å². The van der Waals surface area contributed by atoms with Gasteiger partial charge in [-0.05, 0) is 44.1 Å². The van der Waals surface area contributed by atoms with Gasteiger partial charge < -0.3 is 10.4 Å². The molecule has 1 unspecified atom stereocenters. The number of rotatable bonds is 7. The molecule has 1 aliphatic carbocycles. The molecule has 0 aromatic heterocycles. The van der Waals surface area contributed by atoms with E-state index in [0.717, 1.165) is 32.1 Å². The molecule has 1 aromatic rings. The van der Waals surface area contributed by atoms with E-state index < -0.39 is 5.97 Å². The minimum Gasteiger partial charge on any atom is -0.481 e. The van der Waals surface area contributed by atoms with E-state index in [2.05, 4.69) is 42.6 Å². The summed E-state index contributed by atoms with van der Waals surface area (Å²) in [6.07, 6.45) is 7.03. The molecule has 1 saturated carbocycles. The maximum absolute atomic E-state index is 11.0. The zero-order valence-electron chi connectivity index (χ0n) is 12.9. The van der Waals surface area contributed by atoms with Gasteiger partial charge in [-0.15, -0.1) is 0 Å². The van der Waals surface area contributed by atoms with Crippen LogP contribution in [0.1, 0.15) is 51.0 Å². The van der Waals surface area contributed by atoms with Crippen LogP contribution in [0.5, 0.6) is 0 Å². The van der Waals surface area contributed by atoms with Gasteiger partial charge in [0.25, 0.3) is 0 Å². The van der Waals surface area contributed by atoms with Gasteiger partial charge in [-0.1, -0.05) is 43.7 Å². The van der Waals surface area contributed by atoms with Gasteiger partial charge in [0.05, 0.1) is 5.92 Å². The van der Waals surface area contributed by atoms with Crippen LogP contribution in [0, 0.1) is 5.92 Å². The van der Waals surface area contributed by atoms with Crippen LogP contribution in [0.15, 0.2) is 30.3 Å². The van der Waals surface area contributed by atoms with E-state index >= 15 is 0 Å². The van der Waals surface area contributed by atoms with Crippen molar-refractivity contribution in [3.8, 4) is 0 Å². The lowest BCUT2D eigenvalue weighted by Crippen LogP contribution is -2.42. The van der Waals surface area contributed by atoms with Crippen molar-refractivity contribution >= 4 is 5.97 Å². The van der Waals surface area contributed by atoms with Gasteiger partial charge in [0.2, 0.25) is 0 Å². The maximum Gasteiger partial charge on any atom is 0.306 e. The molecule has 0 bridgehead atoms. The number of carboxylic acid groups (broad SMARTS) is 1. The van der Waals surface area contributed by atoms with Crippen LogP contribution in [0.25, 0.3) is 0 Å². The van der Waals surface area contributed by atoms with E-state index in [1.807, 2.05) is 0 Å². The van der Waals surface area contributed by atoms with Crippen molar-refractivity contribution in [2.75, 3.05) is 0 Å². The fourth-order valence-corrected chi connectivity index (χ4v) is 3.33. The number of carboxylic acids is 1. The van der Waals surface area contributed by atoms with Crippen molar-refractivity contribution in [3.05, 3.63) is 35.9 Å². The second-order valence-corrected chi connectivity index (χ2v) is 6.23. The number of hydrogen-bond acceptors (Lipinski definition) is 2. The van der Waals surface area contributed by atoms with Gasteiger partial charge in [0, 0.05) is 12.1 Å². The van der Waals surface area contributed by atoms with Gasteiger partial charge in [-0.2, -0.15) is 0 Å². The monoisotopic (exact) mass is 289 g/mol. The van der Waals surface area contributed by atoms with Crippen molar-refractivity contribution < 1.29 is 9.90 Å². The van der Waals surface area contributed by atoms with Crippen molar-refractivity contribution in [2.24, 2.45) is 5.92 Å². The molecule has 0 spiro atoms. The molecule has 1 aromatic carbocycles. The third-order valence-electron chi connectivity index (χ3n) is 4.51. The van der Waals surface area contributed by atoms with Gasteiger partial charge in [-0.25, -0.2) is 0 Å². The molecular weight excluding hydrogens is 262 g/mol. The highest BCUT2D eigenvalue weighted by Gasteiger charge is 2.26. The molecule has 0 amide bonds. The highest BCUT2D eigenvalue weighted by atomic mass is 16.4. The number of hydrogen-bond donors (Lipinski definition) is 2. The van der Waals surface area contributed by atoms with Crippen LogP contribution in [-0.2, 0) is 11.2 Å². The quantitative estimate of drug-likeness (QED) is 0.806. The van der Waals surface area contributed by atoms with Crippen LogP contribution in [0.4, 0.5) is 0 Å². The van der Waals surface area contributed by atoms with E-state index in [1.54, 1.807) is 0 Å². The largest absolute Gasteiger partial charge is 0.481 e. The van der Waals surface area contributed by atoms with Gasteiger partial charge in [-0.3, -0.25) is 4.79 Å². The Morgan fingerprint density at radius 2 is 1.90 bits per heavy atom. The summed E-state index contributed by atoms with van der Waals surface area (Å²) in [5, 5.41) is 12.8. The predicted octanol–water partition coefficient (Wildman–Crippen LogP) is 3.63. The third kappa shape index (κ3) is 5.16. The Morgan fingerprint density at radius 3 is 2.48 bits per heavy atom. The molecule has 2 rings (SSSR count). The molecule has 3 heteroatoms. The Labute approximate surface area is 127 Å². The Kier molecular flexibility index (Phi) is 6.24. The first-order valence-electron chi connectivity index (χ1n) is 8.21. The highest BCUT2D eigenvalue weighted by Crippen LogP contribution is 2.25. The molecule has 116 valence electrons. The first-order chi connectivity index (χ1) is 10.2. The van der Waals surface area contributed by atoms with E-state index in [1.165, 1.54) is 18.4 Å². The molecular formula is C18H27NO2. The third-order valence-corrected chi connectivity index (χ3v) is 4.51. The first-order valence-corrected chi connectivity index (χ1v) is 8.21. The van der Waals surface area contributed by atoms with Crippen molar-refractivity contribution in [3.63, 3.8) is 0 Å². The van der Waals surface area contributed by atoms with Gasteiger partial charge >= 0.3 is 5.97 Å². The van der Waals surface area contributed by atoms with Gasteiger partial charge in [0.1, 0.15) is 0 Å². The van der Waals surface area contributed by atoms with Crippen molar-refractivity contribution in [1.82, 2.24) is 5.32 Å². The minimum atomic E-state index is -0.622. The zero-order chi connectivity index (χ0) is 15.1. The summed E-state index contributed by atoms with van der Waals surface area (Å²) in [6.45, 7) is 2.22. The summed E-state index contributed by atoms with van der Waals surface area (Å²) >= 11 is 0. The SMILES string of the molecule is CCCC(Cc1ccccc1)NC1CCC(C(=O)O)CC1. The van der Waals surface area contributed by atoms with E-state index in [9.17, 15) is 4.79 Å². The summed E-state index contributed by atoms with van der Waals surface area (Å²) in [6, 6.07) is 11.6. The second kappa shape index (κ2) is 8.18. The van der Waals surface area contributed by atoms with Crippen molar-refractivity contribution in [2.45, 2.75) is 64.0 Å². The predicted molar refractivity (Wildman–Crippen MR) is 85.4 cm³/mol. The summed E-state index contributed by atoms with van der Waals surface area (Å²) in [4.78, 5) is 11.0. The van der Waals surface area contributed by atoms with Crippen molar-refractivity contribution in [1.29, 1.82) is 0 Å². The fourth-order valence-electron chi connectivity index (χ4n) is 3.33. The summed E-state index contributed by atoms with van der Waals surface area (Å²) in [5.41, 5.74) is 1.38. The van der Waals surface area contributed by atoms with Crippen LogP contribution in [0.2, 0.25) is 0 Å². The Bertz CT molecular complexity index is 424. The van der Waals surface area contributed by atoms with Crippen LogP contribution in [0.3, 0.4) is 0 Å². The minimum absolute atomic E-state index is 0.123. The van der Waals surface area contributed by atoms with E-state index in [0.29, 0.717) is 12.1 Å². The molecule has 1 aliphatic rings. The van der Waals surface area contributed by atoms with Crippen LogP contribution in [-0.4, -0.2) is 23.2 Å². The summed E-state index contributed by atoms with van der Waals surface area (Å²) < 4.78 is 0. The maximum atomic E-state index is 11.0. The molecule has 0 radical (unpaired) electrons. The number of aliphatic carboxylic acids is 1. The molecule has 3 nitrogen and oxygen atoms in total. The second-order valence-electron chi connectivity index (χ2n) is 6.23. The van der Waals surface area contributed by atoms with Crippen LogP contribution >= 0.6 is 0 Å². The normalized spacial score (nSPS) is 23.7. The zero-order valence-corrected chi connectivity index (χ0v) is 12.9. The Morgan fingerprint density at radius 1 is 1.24 bits per heavy atom. The smallest absolute Gasteiger partial charge is 0.306 e. The average Bonchev–Trinajstić information content (AvgIpc) is 2.49. The summed E-state index contributed by atoms with van der Waals surface area (Å²) in [7, 11) is 0. The number of benzene rings is 1. The molecule has 1 fully saturated rings. The molecule has 2 N–H and O–H groups in total. The average molecular weight is 289 g/mol. The lowest BCUT2D eigenvalue weighted by Gasteiger charge is -2.31. The van der Waals surface area contributed by atoms with Gasteiger partial charge in [0.15, 0.2) is 0 Å². The standard InChI is InChI=1S/C18H27NO2/c1-2-6-17(13-14-7-4-3-5-8-14)19-16-11-9-15(10-12-16)18(20)21/h3-5,7-8,15-17,19H,2,6,9-13H2,1H3,(H,20,21). The molecule has 0 heterocycles. The lowest BCUT2D eigenvalue weighted by molar-refractivity contribution is -0.142. The highest BCUT2D eigenvalue weighted by molar-refractivity contribution is 5.70. The molecule has 1 atom stereocenters. The first kappa shape index (κ1) is 16.0. The molecule has 0 saturated heterocycles. The molecule has 0 aliphatic heterocycles.